The van der Waals surface area contributed by atoms with Gasteiger partial charge in [0.15, 0.2) is 0 Å². The Labute approximate surface area is 162 Å². The Kier molecular flexibility index (Phi) is 4.85. The van der Waals surface area contributed by atoms with Gasteiger partial charge in [-0.05, 0) is 43.4 Å². The van der Waals surface area contributed by atoms with Gasteiger partial charge in [-0.15, -0.1) is 0 Å². The summed E-state index contributed by atoms with van der Waals surface area (Å²) < 4.78 is 13.4. The molecule has 0 saturated carbocycles. The topological polar surface area (TPSA) is 85.9 Å². The van der Waals surface area contributed by atoms with Gasteiger partial charge in [-0.2, -0.15) is 0 Å². The van der Waals surface area contributed by atoms with Gasteiger partial charge in [0.25, 0.3) is 0 Å². The fraction of sp³-hybridized carbons (Fsp3) is 0.350. The second-order valence-corrected chi connectivity index (χ2v) is 7.37. The standard InChI is InChI=1S/C20H23FN6O/c1-12-3-5-27(6-4-12)19-13(2)7-15(10-24-19)25-20(28)26-17-11-23-18-16(17)8-14(21)9-22-18/h7-12H,3-6H2,1-2H3,(H,22,23)(H2,25,26,28). The zero-order chi connectivity index (χ0) is 19.7. The molecule has 0 bridgehead atoms. The Hall–Kier alpha value is -3.16. The van der Waals surface area contributed by atoms with Crippen LogP contribution in [0.25, 0.3) is 11.0 Å². The minimum atomic E-state index is -0.460. The first-order chi connectivity index (χ1) is 13.5. The number of aromatic amines is 1. The predicted octanol–water partition coefficient (Wildman–Crippen LogP) is 4.29. The van der Waals surface area contributed by atoms with E-state index in [0.29, 0.717) is 22.4 Å². The summed E-state index contributed by atoms with van der Waals surface area (Å²) in [4.78, 5) is 26.1. The molecule has 4 heterocycles. The molecule has 1 aliphatic rings. The molecule has 8 heteroatoms. The number of carbonyl (C=O) groups excluding carboxylic acids is 1. The van der Waals surface area contributed by atoms with Crippen LogP contribution in [0.5, 0.6) is 0 Å². The number of H-pyrrole nitrogens is 1. The molecule has 2 amide bonds. The first-order valence-electron chi connectivity index (χ1n) is 9.42. The average Bonchev–Trinajstić information content (AvgIpc) is 3.05. The summed E-state index contributed by atoms with van der Waals surface area (Å²) in [5.74, 6) is 1.27. The lowest BCUT2D eigenvalue weighted by Crippen LogP contribution is -2.34. The van der Waals surface area contributed by atoms with Crippen LogP contribution in [-0.2, 0) is 0 Å². The van der Waals surface area contributed by atoms with Crippen molar-refractivity contribution in [2.45, 2.75) is 26.7 Å². The van der Waals surface area contributed by atoms with E-state index < -0.39 is 11.8 Å². The molecule has 1 aliphatic heterocycles. The van der Waals surface area contributed by atoms with E-state index in [9.17, 15) is 9.18 Å². The lowest BCUT2D eigenvalue weighted by molar-refractivity contribution is 0.262. The molecular weight excluding hydrogens is 359 g/mol. The number of urea groups is 1. The smallest absolute Gasteiger partial charge is 0.323 e. The molecule has 0 aliphatic carbocycles. The number of amides is 2. The van der Waals surface area contributed by atoms with Crippen molar-refractivity contribution in [2.24, 2.45) is 5.92 Å². The van der Waals surface area contributed by atoms with Crippen molar-refractivity contribution < 1.29 is 9.18 Å². The van der Waals surface area contributed by atoms with E-state index in [4.69, 9.17) is 0 Å². The molecule has 0 spiro atoms. The molecule has 4 rings (SSSR count). The third-order valence-electron chi connectivity index (χ3n) is 5.14. The number of aryl methyl sites for hydroxylation is 1. The quantitative estimate of drug-likeness (QED) is 0.631. The van der Waals surface area contributed by atoms with E-state index in [2.05, 4.69) is 37.4 Å². The Morgan fingerprint density at radius 2 is 2.00 bits per heavy atom. The second-order valence-electron chi connectivity index (χ2n) is 7.37. The normalized spacial score (nSPS) is 15.0. The number of halogens is 1. The maximum Gasteiger partial charge on any atom is 0.323 e. The van der Waals surface area contributed by atoms with Crippen LogP contribution in [0.15, 0.2) is 30.7 Å². The molecule has 3 aromatic rings. The van der Waals surface area contributed by atoms with Crippen molar-refractivity contribution in [1.29, 1.82) is 0 Å². The highest BCUT2D eigenvalue weighted by atomic mass is 19.1. The molecule has 3 N–H and O–H groups in total. The largest absolute Gasteiger partial charge is 0.356 e. The van der Waals surface area contributed by atoms with Crippen LogP contribution in [-0.4, -0.2) is 34.1 Å². The van der Waals surface area contributed by atoms with Crippen LogP contribution in [0.1, 0.15) is 25.3 Å². The fourth-order valence-electron chi connectivity index (χ4n) is 3.55. The number of nitrogens with one attached hydrogen (secondary N) is 3. The Morgan fingerprint density at radius 1 is 1.21 bits per heavy atom. The Morgan fingerprint density at radius 3 is 2.75 bits per heavy atom. The highest BCUT2D eigenvalue weighted by Crippen LogP contribution is 2.26. The minimum absolute atomic E-state index is 0.425. The van der Waals surface area contributed by atoms with Crippen LogP contribution >= 0.6 is 0 Å². The zero-order valence-corrected chi connectivity index (χ0v) is 15.9. The van der Waals surface area contributed by atoms with Crippen molar-refractivity contribution in [2.75, 3.05) is 28.6 Å². The van der Waals surface area contributed by atoms with Gasteiger partial charge in [0.1, 0.15) is 17.3 Å². The number of fused-ring (bicyclic) bond motifs is 1. The minimum Gasteiger partial charge on any atom is -0.356 e. The second kappa shape index (κ2) is 7.46. The van der Waals surface area contributed by atoms with Gasteiger partial charge in [0.2, 0.25) is 0 Å². The maximum atomic E-state index is 13.4. The van der Waals surface area contributed by atoms with Crippen molar-refractivity contribution in [3.05, 3.63) is 42.1 Å². The molecule has 28 heavy (non-hydrogen) atoms. The highest BCUT2D eigenvalue weighted by Gasteiger charge is 2.19. The maximum absolute atomic E-state index is 13.4. The lowest BCUT2D eigenvalue weighted by atomic mass is 9.99. The number of piperidine rings is 1. The van der Waals surface area contributed by atoms with E-state index in [1.807, 2.05) is 13.0 Å². The van der Waals surface area contributed by atoms with E-state index in [-0.39, 0.29) is 0 Å². The summed E-state index contributed by atoms with van der Waals surface area (Å²) in [5, 5.41) is 6.01. The highest BCUT2D eigenvalue weighted by molar-refractivity contribution is 6.05. The molecule has 7 nitrogen and oxygen atoms in total. The van der Waals surface area contributed by atoms with E-state index in [1.165, 1.54) is 18.9 Å². The van der Waals surface area contributed by atoms with Crippen molar-refractivity contribution in [3.8, 4) is 0 Å². The van der Waals surface area contributed by atoms with E-state index in [0.717, 1.165) is 36.6 Å². The van der Waals surface area contributed by atoms with E-state index in [1.54, 1.807) is 12.4 Å². The van der Waals surface area contributed by atoms with Gasteiger partial charge in [-0.1, -0.05) is 6.92 Å². The summed E-state index contributed by atoms with van der Waals surface area (Å²) in [5.41, 5.74) is 2.59. The molecule has 0 aromatic carbocycles. The van der Waals surface area contributed by atoms with E-state index >= 15 is 0 Å². The van der Waals surface area contributed by atoms with Crippen LogP contribution in [0.4, 0.5) is 26.4 Å². The molecular formula is C20H23FN6O. The molecule has 0 radical (unpaired) electrons. The van der Waals surface area contributed by atoms with Gasteiger partial charge in [0, 0.05) is 24.7 Å². The zero-order valence-electron chi connectivity index (χ0n) is 15.9. The SMILES string of the molecule is Cc1cc(NC(=O)Nc2c[nH]c3ncc(F)cc23)cnc1N1CCC(C)CC1. The number of hydrogen-bond donors (Lipinski definition) is 3. The van der Waals surface area contributed by atoms with Gasteiger partial charge >= 0.3 is 6.03 Å². The Balaban J connectivity index is 1.44. The van der Waals surface area contributed by atoms with Crippen molar-refractivity contribution in [1.82, 2.24) is 15.0 Å². The summed E-state index contributed by atoms with van der Waals surface area (Å²) in [6.45, 7) is 6.29. The Bertz CT molecular complexity index is 1010. The van der Waals surface area contributed by atoms with Crippen molar-refractivity contribution in [3.63, 3.8) is 0 Å². The summed E-state index contributed by atoms with van der Waals surface area (Å²) >= 11 is 0. The molecule has 1 saturated heterocycles. The number of aromatic nitrogens is 3. The molecule has 146 valence electrons. The third-order valence-corrected chi connectivity index (χ3v) is 5.14. The predicted molar refractivity (Wildman–Crippen MR) is 108 cm³/mol. The first kappa shape index (κ1) is 18.2. The molecule has 3 aromatic heterocycles. The van der Waals surface area contributed by atoms with Gasteiger partial charge < -0.3 is 20.5 Å². The number of nitrogens with zero attached hydrogens (tertiary/aromatic N) is 3. The van der Waals surface area contributed by atoms with Gasteiger partial charge in [-0.25, -0.2) is 19.2 Å². The molecule has 1 fully saturated rings. The number of hydrogen-bond acceptors (Lipinski definition) is 4. The average molecular weight is 382 g/mol. The van der Waals surface area contributed by atoms with Gasteiger partial charge in [-0.3, -0.25) is 0 Å². The molecule has 0 atom stereocenters. The number of rotatable bonds is 3. The van der Waals surface area contributed by atoms with Crippen LogP contribution in [0.3, 0.4) is 0 Å². The summed E-state index contributed by atoms with van der Waals surface area (Å²) in [7, 11) is 0. The first-order valence-corrected chi connectivity index (χ1v) is 9.42. The fourth-order valence-corrected chi connectivity index (χ4v) is 3.55. The third kappa shape index (κ3) is 3.76. The monoisotopic (exact) mass is 382 g/mol. The van der Waals surface area contributed by atoms with Crippen molar-refractivity contribution >= 4 is 34.3 Å². The summed E-state index contributed by atoms with van der Waals surface area (Å²) in [6.07, 6.45) is 6.71. The van der Waals surface area contributed by atoms with Crippen LogP contribution in [0.2, 0.25) is 0 Å². The lowest BCUT2D eigenvalue weighted by Gasteiger charge is -2.32. The van der Waals surface area contributed by atoms with Gasteiger partial charge in [0.05, 0.1) is 23.8 Å². The number of pyridine rings is 2. The molecule has 0 unspecified atom stereocenters. The van der Waals surface area contributed by atoms with Crippen LogP contribution in [0, 0.1) is 18.7 Å². The number of anilines is 3. The summed E-state index contributed by atoms with van der Waals surface area (Å²) in [6, 6.07) is 2.82. The van der Waals surface area contributed by atoms with Crippen LogP contribution < -0.4 is 15.5 Å². The number of carbonyl (C=O) groups is 1.